The first-order valence-electron chi connectivity index (χ1n) is 4.85. The normalized spacial score (nSPS) is 12.4. The van der Waals surface area contributed by atoms with Gasteiger partial charge < -0.3 is 14.9 Å². The quantitative estimate of drug-likeness (QED) is 0.866. The van der Waals surface area contributed by atoms with Crippen molar-refractivity contribution in [2.75, 3.05) is 7.11 Å². The summed E-state index contributed by atoms with van der Waals surface area (Å²) in [5, 5.41) is 0. The van der Waals surface area contributed by atoms with E-state index in [2.05, 4.69) is 0 Å². The van der Waals surface area contributed by atoms with Gasteiger partial charge in [0.2, 0.25) is 0 Å². The second-order valence-electron chi connectivity index (χ2n) is 3.38. The SMILES string of the molecule is COc1ccc(F)cc1C(N)c1ccco1. The molecule has 3 nitrogen and oxygen atoms in total. The molecule has 0 aliphatic rings. The molecule has 1 aromatic carbocycles. The molecule has 1 heterocycles. The fraction of sp³-hybridized carbons (Fsp3) is 0.167. The van der Waals surface area contributed by atoms with Crippen molar-refractivity contribution in [2.45, 2.75) is 6.04 Å². The molecule has 0 fully saturated rings. The minimum Gasteiger partial charge on any atom is -0.496 e. The number of benzene rings is 1. The molecule has 1 aromatic heterocycles. The van der Waals surface area contributed by atoms with Crippen LogP contribution < -0.4 is 10.5 Å². The smallest absolute Gasteiger partial charge is 0.125 e. The van der Waals surface area contributed by atoms with Crippen LogP contribution in [0.1, 0.15) is 17.4 Å². The van der Waals surface area contributed by atoms with E-state index in [1.165, 1.54) is 25.5 Å². The van der Waals surface area contributed by atoms with Crippen molar-refractivity contribution in [2.24, 2.45) is 5.73 Å². The van der Waals surface area contributed by atoms with Gasteiger partial charge in [-0.1, -0.05) is 0 Å². The third kappa shape index (κ3) is 1.92. The Balaban J connectivity index is 2.42. The van der Waals surface area contributed by atoms with E-state index in [1.54, 1.807) is 18.2 Å². The zero-order valence-corrected chi connectivity index (χ0v) is 8.81. The molecule has 0 amide bonds. The molecule has 0 saturated heterocycles. The van der Waals surface area contributed by atoms with E-state index in [0.717, 1.165) is 0 Å². The maximum absolute atomic E-state index is 13.1. The number of halogens is 1. The molecule has 2 N–H and O–H groups in total. The molecule has 0 aliphatic carbocycles. The summed E-state index contributed by atoms with van der Waals surface area (Å²) in [5.74, 6) is 0.770. The molecule has 2 rings (SSSR count). The second-order valence-corrected chi connectivity index (χ2v) is 3.38. The van der Waals surface area contributed by atoms with Crippen LogP contribution in [-0.4, -0.2) is 7.11 Å². The number of ether oxygens (including phenoxy) is 1. The lowest BCUT2D eigenvalue weighted by molar-refractivity contribution is 0.401. The Morgan fingerprint density at radius 2 is 2.19 bits per heavy atom. The van der Waals surface area contributed by atoms with Crippen LogP contribution in [0, 0.1) is 5.82 Å². The Hall–Kier alpha value is -1.81. The van der Waals surface area contributed by atoms with Crippen LogP contribution >= 0.6 is 0 Å². The number of hydrogen-bond acceptors (Lipinski definition) is 3. The molecule has 1 atom stereocenters. The Bertz CT molecular complexity index is 468. The van der Waals surface area contributed by atoms with E-state index in [-0.39, 0.29) is 5.82 Å². The van der Waals surface area contributed by atoms with Gasteiger partial charge in [-0.05, 0) is 30.3 Å². The highest BCUT2D eigenvalue weighted by atomic mass is 19.1. The van der Waals surface area contributed by atoms with Crippen molar-refractivity contribution in [1.82, 2.24) is 0 Å². The van der Waals surface area contributed by atoms with Crippen LogP contribution in [0.2, 0.25) is 0 Å². The van der Waals surface area contributed by atoms with Gasteiger partial charge in [0.05, 0.1) is 19.4 Å². The topological polar surface area (TPSA) is 48.4 Å². The van der Waals surface area contributed by atoms with E-state index in [0.29, 0.717) is 17.1 Å². The molecule has 1 unspecified atom stereocenters. The zero-order valence-electron chi connectivity index (χ0n) is 8.81. The third-order valence-corrected chi connectivity index (χ3v) is 2.38. The maximum Gasteiger partial charge on any atom is 0.125 e. The third-order valence-electron chi connectivity index (χ3n) is 2.38. The number of hydrogen-bond donors (Lipinski definition) is 1. The van der Waals surface area contributed by atoms with Crippen LogP contribution in [-0.2, 0) is 0 Å². The summed E-state index contributed by atoms with van der Waals surface area (Å²) in [6, 6.07) is 7.19. The first-order chi connectivity index (χ1) is 7.72. The van der Waals surface area contributed by atoms with Crippen molar-refractivity contribution in [3.63, 3.8) is 0 Å². The Kier molecular flexibility index (Phi) is 2.92. The molecule has 0 saturated carbocycles. The summed E-state index contributed by atoms with van der Waals surface area (Å²) in [5.41, 5.74) is 6.53. The predicted octanol–water partition coefficient (Wildman–Crippen LogP) is 2.48. The van der Waals surface area contributed by atoms with Crippen LogP contribution in [0.3, 0.4) is 0 Å². The van der Waals surface area contributed by atoms with E-state index < -0.39 is 6.04 Å². The summed E-state index contributed by atoms with van der Waals surface area (Å²) in [4.78, 5) is 0. The molecule has 0 spiro atoms. The highest BCUT2D eigenvalue weighted by molar-refractivity contribution is 5.39. The molecule has 84 valence electrons. The van der Waals surface area contributed by atoms with Crippen LogP contribution in [0.5, 0.6) is 5.75 Å². The molecule has 0 radical (unpaired) electrons. The molecule has 0 bridgehead atoms. The standard InChI is InChI=1S/C12H12FNO2/c1-15-10-5-4-8(13)7-9(10)12(14)11-3-2-6-16-11/h2-7,12H,14H2,1H3. The number of methoxy groups -OCH3 is 1. The van der Waals surface area contributed by atoms with Crippen molar-refractivity contribution in [3.8, 4) is 5.75 Å². The van der Waals surface area contributed by atoms with Gasteiger partial charge in [0.25, 0.3) is 0 Å². The van der Waals surface area contributed by atoms with Gasteiger partial charge in [-0.25, -0.2) is 4.39 Å². The molecule has 16 heavy (non-hydrogen) atoms. The minimum atomic E-state index is -0.527. The predicted molar refractivity (Wildman–Crippen MR) is 57.7 cm³/mol. The van der Waals surface area contributed by atoms with Gasteiger partial charge in [0.1, 0.15) is 17.3 Å². The zero-order chi connectivity index (χ0) is 11.5. The van der Waals surface area contributed by atoms with Gasteiger partial charge in [0, 0.05) is 5.56 Å². The van der Waals surface area contributed by atoms with E-state index >= 15 is 0 Å². The lowest BCUT2D eigenvalue weighted by Crippen LogP contribution is -2.12. The highest BCUT2D eigenvalue weighted by Gasteiger charge is 2.16. The van der Waals surface area contributed by atoms with Crippen LogP contribution in [0.25, 0.3) is 0 Å². The Labute approximate surface area is 92.6 Å². The van der Waals surface area contributed by atoms with Crippen LogP contribution in [0.15, 0.2) is 41.0 Å². The fourth-order valence-corrected chi connectivity index (χ4v) is 1.57. The average molecular weight is 221 g/mol. The van der Waals surface area contributed by atoms with Gasteiger partial charge >= 0.3 is 0 Å². The summed E-state index contributed by atoms with van der Waals surface area (Å²) in [7, 11) is 1.52. The maximum atomic E-state index is 13.1. The summed E-state index contributed by atoms with van der Waals surface area (Å²) < 4.78 is 23.5. The first-order valence-corrected chi connectivity index (χ1v) is 4.85. The minimum absolute atomic E-state index is 0.349. The first kappa shape index (κ1) is 10.7. The molecular formula is C12H12FNO2. The highest BCUT2D eigenvalue weighted by Crippen LogP contribution is 2.28. The van der Waals surface area contributed by atoms with Crippen LogP contribution in [0.4, 0.5) is 4.39 Å². The summed E-state index contributed by atoms with van der Waals surface area (Å²) in [6.45, 7) is 0. The summed E-state index contributed by atoms with van der Waals surface area (Å²) in [6.07, 6.45) is 1.53. The summed E-state index contributed by atoms with van der Waals surface area (Å²) >= 11 is 0. The Morgan fingerprint density at radius 1 is 1.38 bits per heavy atom. The average Bonchev–Trinajstić information content (AvgIpc) is 2.81. The number of rotatable bonds is 3. The van der Waals surface area contributed by atoms with E-state index in [9.17, 15) is 4.39 Å². The Morgan fingerprint density at radius 3 is 2.81 bits per heavy atom. The van der Waals surface area contributed by atoms with Gasteiger partial charge in [-0.3, -0.25) is 0 Å². The lowest BCUT2D eigenvalue weighted by Gasteiger charge is -2.13. The van der Waals surface area contributed by atoms with E-state index in [4.69, 9.17) is 14.9 Å². The van der Waals surface area contributed by atoms with Gasteiger partial charge in [-0.15, -0.1) is 0 Å². The fourth-order valence-electron chi connectivity index (χ4n) is 1.57. The molecular weight excluding hydrogens is 209 g/mol. The van der Waals surface area contributed by atoms with E-state index in [1.807, 2.05) is 0 Å². The van der Waals surface area contributed by atoms with Crippen molar-refractivity contribution in [1.29, 1.82) is 0 Å². The van der Waals surface area contributed by atoms with Gasteiger partial charge in [0.15, 0.2) is 0 Å². The monoisotopic (exact) mass is 221 g/mol. The largest absolute Gasteiger partial charge is 0.496 e. The number of nitrogens with two attached hydrogens (primary N) is 1. The van der Waals surface area contributed by atoms with Crippen molar-refractivity contribution >= 4 is 0 Å². The number of furan rings is 1. The van der Waals surface area contributed by atoms with Crippen molar-refractivity contribution < 1.29 is 13.5 Å². The van der Waals surface area contributed by atoms with Gasteiger partial charge in [-0.2, -0.15) is 0 Å². The second kappa shape index (κ2) is 4.37. The molecule has 2 aromatic rings. The molecule has 0 aliphatic heterocycles. The van der Waals surface area contributed by atoms with Crippen molar-refractivity contribution in [3.05, 3.63) is 53.7 Å². The molecule has 4 heteroatoms. The lowest BCUT2D eigenvalue weighted by atomic mass is 10.0.